The van der Waals surface area contributed by atoms with Gasteiger partial charge in [0.25, 0.3) is 0 Å². The summed E-state index contributed by atoms with van der Waals surface area (Å²) in [7, 11) is 0. The van der Waals surface area contributed by atoms with E-state index in [2.05, 4.69) is 74.5 Å². The molecule has 0 aromatic heterocycles. The van der Waals surface area contributed by atoms with Crippen molar-refractivity contribution in [2.24, 2.45) is 0 Å². The highest BCUT2D eigenvalue weighted by molar-refractivity contribution is 5.58. The molecule has 0 fully saturated rings. The van der Waals surface area contributed by atoms with E-state index in [1.807, 2.05) is 0 Å². The van der Waals surface area contributed by atoms with Crippen LogP contribution in [-0.2, 0) is 0 Å². The van der Waals surface area contributed by atoms with Crippen LogP contribution in [0.5, 0.6) is 0 Å². The molecule has 0 N–H and O–H groups in total. The average molecular weight is 531 g/mol. The highest BCUT2D eigenvalue weighted by atomic mass is 79.9. The minimum absolute atomic E-state index is 0. The van der Waals surface area contributed by atoms with Gasteiger partial charge in [-0.3, -0.25) is 4.48 Å². The molecular weight excluding hydrogens is 478 g/mol. The van der Waals surface area contributed by atoms with E-state index < -0.39 is 0 Å². The molecule has 0 unspecified atom stereocenters. The van der Waals surface area contributed by atoms with Crippen LogP contribution in [0.1, 0.15) is 117 Å². The first-order chi connectivity index (χ1) is 16.3. The van der Waals surface area contributed by atoms with Crippen LogP contribution in [-0.4, -0.2) is 13.1 Å². The second-order valence-electron chi connectivity index (χ2n) is 10.0. The molecule has 192 valence electrons. The van der Waals surface area contributed by atoms with Crippen LogP contribution < -0.4 is 21.5 Å². The molecule has 0 saturated carbocycles. The number of hydrogen-bond acceptors (Lipinski definition) is 0. The molecule has 0 atom stereocenters. The zero-order valence-corrected chi connectivity index (χ0v) is 23.9. The van der Waals surface area contributed by atoms with Crippen LogP contribution >= 0.6 is 0 Å². The predicted octanol–water partition coefficient (Wildman–Crippen LogP) is 7.61. The Labute approximate surface area is 222 Å². The summed E-state index contributed by atoms with van der Waals surface area (Å²) in [4.78, 5) is 0. The molecule has 0 radical (unpaired) electrons. The van der Waals surface area contributed by atoms with E-state index in [1.165, 1.54) is 127 Å². The monoisotopic (exact) mass is 529 g/mol. The molecule has 0 aliphatic rings. The van der Waals surface area contributed by atoms with Gasteiger partial charge >= 0.3 is 0 Å². The van der Waals surface area contributed by atoms with Gasteiger partial charge in [0.15, 0.2) is 0 Å². The highest BCUT2D eigenvalue weighted by Gasteiger charge is 2.32. The van der Waals surface area contributed by atoms with Crippen molar-refractivity contribution in [1.29, 1.82) is 0 Å². The van der Waals surface area contributed by atoms with Gasteiger partial charge in [-0.25, -0.2) is 0 Å². The lowest BCUT2D eigenvalue weighted by Gasteiger charge is -2.38. The first-order valence-electron chi connectivity index (χ1n) is 14.3. The molecule has 0 bridgehead atoms. The summed E-state index contributed by atoms with van der Waals surface area (Å²) in [5, 5.41) is 0. The SMILES string of the molecule is CCCCCCCCCC[N+](CCCCCCCCCC)(c1ccccc1)c1ccccc1.[Br-]. The summed E-state index contributed by atoms with van der Waals surface area (Å²) in [6.07, 6.45) is 22.1. The van der Waals surface area contributed by atoms with Crippen LogP contribution in [0.2, 0.25) is 0 Å². The van der Waals surface area contributed by atoms with Gasteiger partial charge in [-0.05, 0) is 49.9 Å². The van der Waals surface area contributed by atoms with Crippen LogP contribution in [0.3, 0.4) is 0 Å². The Morgan fingerprint density at radius 2 is 0.706 bits per heavy atom. The molecular formula is C32H52BrN. The van der Waals surface area contributed by atoms with Crippen LogP contribution in [0, 0.1) is 0 Å². The summed E-state index contributed by atoms with van der Waals surface area (Å²) < 4.78 is 1.02. The van der Waals surface area contributed by atoms with Crippen molar-refractivity contribution >= 4 is 11.4 Å². The average Bonchev–Trinajstić information content (AvgIpc) is 2.87. The van der Waals surface area contributed by atoms with Crippen molar-refractivity contribution in [2.45, 2.75) is 117 Å². The summed E-state index contributed by atoms with van der Waals surface area (Å²) in [6, 6.07) is 22.7. The topological polar surface area (TPSA) is 0 Å². The lowest BCUT2D eigenvalue weighted by molar-refractivity contribution is -0.00000702. The maximum Gasteiger partial charge on any atom is 0.137 e. The molecule has 0 amide bonds. The third-order valence-electron chi connectivity index (χ3n) is 7.29. The standard InChI is InChI=1S/C32H52N.BrH/c1-3-5-7-9-11-13-15-23-29-33(31-25-19-17-20-26-31,32-27-21-18-22-28-32)30-24-16-14-12-10-8-6-4-2;/h17-22,25-28H,3-16,23-24,29-30H2,1-2H3;1H/q+1;/p-1. The van der Waals surface area contributed by atoms with E-state index in [1.54, 1.807) is 0 Å². The van der Waals surface area contributed by atoms with Gasteiger partial charge in [0.2, 0.25) is 0 Å². The van der Waals surface area contributed by atoms with Crippen molar-refractivity contribution < 1.29 is 17.0 Å². The molecule has 0 spiro atoms. The number of hydrogen-bond donors (Lipinski definition) is 0. The molecule has 0 aliphatic heterocycles. The van der Waals surface area contributed by atoms with E-state index in [4.69, 9.17) is 0 Å². The molecule has 0 aliphatic carbocycles. The largest absolute Gasteiger partial charge is 1.00 e. The van der Waals surface area contributed by atoms with E-state index in [0.717, 1.165) is 4.48 Å². The fourth-order valence-corrected chi connectivity index (χ4v) is 5.24. The number of unbranched alkanes of at least 4 members (excludes halogenated alkanes) is 14. The second-order valence-corrected chi connectivity index (χ2v) is 10.0. The van der Waals surface area contributed by atoms with Gasteiger partial charge in [0.1, 0.15) is 11.4 Å². The first kappa shape index (κ1) is 30.9. The van der Waals surface area contributed by atoms with Crippen molar-refractivity contribution in [3.8, 4) is 0 Å². The van der Waals surface area contributed by atoms with Crippen molar-refractivity contribution in [3.05, 3.63) is 60.7 Å². The molecule has 1 nitrogen and oxygen atoms in total. The summed E-state index contributed by atoms with van der Waals surface area (Å²) in [5.41, 5.74) is 2.93. The smallest absolute Gasteiger partial charge is 0.137 e. The van der Waals surface area contributed by atoms with Crippen molar-refractivity contribution in [3.63, 3.8) is 0 Å². The Morgan fingerprint density at radius 1 is 0.412 bits per heavy atom. The molecule has 34 heavy (non-hydrogen) atoms. The normalized spacial score (nSPS) is 11.4. The molecule has 0 heterocycles. The van der Waals surface area contributed by atoms with Crippen molar-refractivity contribution in [1.82, 2.24) is 4.48 Å². The van der Waals surface area contributed by atoms with Crippen molar-refractivity contribution in [2.75, 3.05) is 13.1 Å². The minimum Gasteiger partial charge on any atom is -1.00 e. The number of quaternary nitrogens is 1. The van der Waals surface area contributed by atoms with Gasteiger partial charge < -0.3 is 17.0 Å². The van der Waals surface area contributed by atoms with Crippen LogP contribution in [0.15, 0.2) is 60.7 Å². The van der Waals surface area contributed by atoms with Gasteiger partial charge in [0.05, 0.1) is 13.1 Å². The number of nitrogens with zero attached hydrogens (tertiary/aromatic N) is 1. The zero-order valence-electron chi connectivity index (χ0n) is 22.3. The third-order valence-corrected chi connectivity index (χ3v) is 7.29. The number of para-hydroxylation sites is 2. The van der Waals surface area contributed by atoms with Gasteiger partial charge in [-0.15, -0.1) is 0 Å². The number of halogens is 1. The lowest BCUT2D eigenvalue weighted by atomic mass is 10.0. The first-order valence-corrected chi connectivity index (χ1v) is 14.3. The van der Waals surface area contributed by atoms with Gasteiger partial charge in [0, 0.05) is 0 Å². The minimum atomic E-state index is 0. The Morgan fingerprint density at radius 3 is 1.03 bits per heavy atom. The molecule has 2 heteroatoms. The summed E-state index contributed by atoms with van der Waals surface area (Å²) in [5.74, 6) is 0. The molecule has 2 rings (SSSR count). The molecule has 0 saturated heterocycles. The maximum absolute atomic E-state index is 2.36. The zero-order chi connectivity index (χ0) is 23.5. The highest BCUT2D eigenvalue weighted by Crippen LogP contribution is 2.36. The van der Waals surface area contributed by atoms with Crippen LogP contribution in [0.25, 0.3) is 0 Å². The van der Waals surface area contributed by atoms with E-state index in [9.17, 15) is 0 Å². The van der Waals surface area contributed by atoms with Gasteiger partial charge in [-0.2, -0.15) is 0 Å². The Kier molecular flexibility index (Phi) is 18.3. The Bertz CT molecular complexity index is 623. The van der Waals surface area contributed by atoms with E-state index in [-0.39, 0.29) is 17.0 Å². The second kappa shape index (κ2) is 20.1. The predicted molar refractivity (Wildman–Crippen MR) is 149 cm³/mol. The maximum atomic E-state index is 2.36. The quantitative estimate of drug-likeness (QED) is 0.122. The molecule has 2 aromatic rings. The summed E-state index contributed by atoms with van der Waals surface area (Å²) in [6.45, 7) is 7.05. The van der Waals surface area contributed by atoms with E-state index in [0.29, 0.717) is 0 Å². The molecule has 2 aromatic carbocycles. The number of benzene rings is 2. The fraction of sp³-hybridized carbons (Fsp3) is 0.625. The van der Waals surface area contributed by atoms with Crippen LogP contribution in [0.4, 0.5) is 11.4 Å². The summed E-state index contributed by atoms with van der Waals surface area (Å²) >= 11 is 0. The van der Waals surface area contributed by atoms with E-state index >= 15 is 0 Å². The Hall–Kier alpha value is -1.12. The Balaban J connectivity index is 0.00000578. The fourth-order valence-electron chi connectivity index (χ4n) is 5.24. The van der Waals surface area contributed by atoms with Gasteiger partial charge in [-0.1, -0.05) is 127 Å². The third kappa shape index (κ3) is 11.5. The number of rotatable bonds is 20. The lowest BCUT2D eigenvalue weighted by Crippen LogP contribution is -3.00.